The predicted octanol–water partition coefficient (Wildman–Crippen LogP) is 4.91. The standard InChI is InChI=1S/C29H29NO7/c1-6-17-7-9-18(10-8-17)26-25(27(31)21-13-12-20(34-2)16-23(21)36-4)28(32)29(33)30(26)19-11-14-22(35-3)24(15-19)37-5/h7-16,26,31H,6H2,1-5H3/b27-25-. The Bertz CT molecular complexity index is 1360. The topological polar surface area (TPSA) is 94.5 Å². The van der Waals surface area contributed by atoms with Gasteiger partial charge in [-0.1, -0.05) is 31.2 Å². The molecular formula is C29H29NO7. The van der Waals surface area contributed by atoms with E-state index >= 15 is 0 Å². The lowest BCUT2D eigenvalue weighted by Crippen LogP contribution is -2.29. The van der Waals surface area contributed by atoms with Gasteiger partial charge < -0.3 is 24.1 Å². The van der Waals surface area contributed by atoms with Crippen molar-refractivity contribution in [1.82, 2.24) is 0 Å². The number of hydrogen-bond acceptors (Lipinski definition) is 7. The zero-order valence-corrected chi connectivity index (χ0v) is 21.4. The fraction of sp³-hybridized carbons (Fsp3) is 0.241. The number of ether oxygens (including phenoxy) is 4. The lowest BCUT2D eigenvalue weighted by Gasteiger charge is -2.26. The molecule has 1 amide bonds. The molecule has 4 rings (SSSR count). The summed E-state index contributed by atoms with van der Waals surface area (Å²) in [5, 5.41) is 11.5. The van der Waals surface area contributed by atoms with Crippen LogP contribution in [0.5, 0.6) is 23.0 Å². The van der Waals surface area contributed by atoms with Crippen molar-refractivity contribution in [1.29, 1.82) is 0 Å². The van der Waals surface area contributed by atoms with Crippen molar-refractivity contribution in [2.24, 2.45) is 0 Å². The maximum atomic E-state index is 13.5. The molecule has 1 saturated heterocycles. The number of ketones is 1. The fourth-order valence-corrected chi connectivity index (χ4v) is 4.46. The molecule has 0 aliphatic carbocycles. The van der Waals surface area contributed by atoms with Crippen molar-refractivity contribution in [2.75, 3.05) is 33.3 Å². The van der Waals surface area contributed by atoms with Gasteiger partial charge in [0.25, 0.3) is 11.7 Å². The van der Waals surface area contributed by atoms with Crippen LogP contribution in [0, 0.1) is 0 Å². The third-order valence-electron chi connectivity index (χ3n) is 6.46. The second kappa shape index (κ2) is 10.7. The summed E-state index contributed by atoms with van der Waals surface area (Å²) in [5.74, 6) is -0.223. The lowest BCUT2D eigenvalue weighted by atomic mass is 9.94. The summed E-state index contributed by atoms with van der Waals surface area (Å²) >= 11 is 0. The van der Waals surface area contributed by atoms with Crippen LogP contribution in [0.25, 0.3) is 5.76 Å². The second-order valence-electron chi connectivity index (χ2n) is 8.37. The summed E-state index contributed by atoms with van der Waals surface area (Å²) in [6.45, 7) is 2.04. The maximum Gasteiger partial charge on any atom is 0.300 e. The van der Waals surface area contributed by atoms with Crippen molar-refractivity contribution >= 4 is 23.1 Å². The molecule has 0 bridgehead atoms. The Morgan fingerprint density at radius 2 is 1.49 bits per heavy atom. The van der Waals surface area contributed by atoms with E-state index in [-0.39, 0.29) is 16.9 Å². The number of anilines is 1. The number of amides is 1. The SMILES string of the molecule is CCc1ccc(C2/C(=C(/O)c3ccc(OC)cc3OC)C(=O)C(=O)N2c2ccc(OC)c(OC)c2)cc1. The summed E-state index contributed by atoms with van der Waals surface area (Å²) < 4.78 is 21.5. The molecule has 3 aromatic rings. The molecule has 8 nitrogen and oxygen atoms in total. The van der Waals surface area contributed by atoms with Gasteiger partial charge in [0.05, 0.1) is 45.6 Å². The molecule has 1 N–H and O–H groups in total. The summed E-state index contributed by atoms with van der Waals surface area (Å²) in [5.41, 5.74) is 2.41. The van der Waals surface area contributed by atoms with Crippen molar-refractivity contribution in [2.45, 2.75) is 19.4 Å². The van der Waals surface area contributed by atoms with Gasteiger partial charge in [-0.05, 0) is 41.8 Å². The number of carbonyl (C=O) groups excluding carboxylic acids is 2. The van der Waals surface area contributed by atoms with Crippen LogP contribution in [0.4, 0.5) is 5.69 Å². The third-order valence-corrected chi connectivity index (χ3v) is 6.46. The number of methoxy groups -OCH3 is 4. The minimum atomic E-state index is -0.893. The van der Waals surface area contributed by atoms with Gasteiger partial charge in [0.1, 0.15) is 17.3 Å². The molecule has 1 aliphatic heterocycles. The van der Waals surface area contributed by atoms with E-state index in [1.807, 2.05) is 31.2 Å². The highest BCUT2D eigenvalue weighted by Gasteiger charge is 2.47. The molecule has 1 atom stereocenters. The molecule has 0 aromatic heterocycles. The Hall–Kier alpha value is -4.46. The molecule has 1 unspecified atom stereocenters. The Labute approximate surface area is 215 Å². The highest BCUT2D eigenvalue weighted by Crippen LogP contribution is 2.45. The molecule has 1 fully saturated rings. The lowest BCUT2D eigenvalue weighted by molar-refractivity contribution is -0.132. The van der Waals surface area contributed by atoms with Crippen LogP contribution in [-0.2, 0) is 16.0 Å². The number of aliphatic hydroxyl groups is 1. The minimum absolute atomic E-state index is 0.0486. The molecule has 1 heterocycles. The zero-order chi connectivity index (χ0) is 26.7. The van der Waals surface area contributed by atoms with E-state index in [4.69, 9.17) is 18.9 Å². The zero-order valence-electron chi connectivity index (χ0n) is 21.4. The number of aryl methyl sites for hydroxylation is 1. The Morgan fingerprint density at radius 3 is 2.08 bits per heavy atom. The number of nitrogens with zero attached hydrogens (tertiary/aromatic N) is 1. The van der Waals surface area contributed by atoms with Crippen molar-refractivity contribution < 1.29 is 33.6 Å². The van der Waals surface area contributed by atoms with E-state index in [0.29, 0.717) is 34.2 Å². The van der Waals surface area contributed by atoms with E-state index in [1.165, 1.54) is 33.3 Å². The highest BCUT2D eigenvalue weighted by molar-refractivity contribution is 6.51. The average molecular weight is 504 g/mol. The average Bonchev–Trinajstić information content (AvgIpc) is 3.21. The molecule has 3 aromatic carbocycles. The van der Waals surface area contributed by atoms with Gasteiger partial charge in [-0.25, -0.2) is 0 Å². The number of benzene rings is 3. The largest absolute Gasteiger partial charge is 0.507 e. The quantitative estimate of drug-likeness (QED) is 0.265. The van der Waals surface area contributed by atoms with E-state index in [1.54, 1.807) is 36.4 Å². The van der Waals surface area contributed by atoms with Gasteiger partial charge in [0.15, 0.2) is 11.5 Å². The third kappa shape index (κ3) is 4.58. The molecule has 1 aliphatic rings. The van der Waals surface area contributed by atoms with E-state index in [0.717, 1.165) is 12.0 Å². The van der Waals surface area contributed by atoms with Crippen LogP contribution in [0.1, 0.15) is 29.7 Å². The summed E-state index contributed by atoms with van der Waals surface area (Å²) in [7, 11) is 5.98. The number of carbonyl (C=O) groups is 2. The fourth-order valence-electron chi connectivity index (χ4n) is 4.46. The van der Waals surface area contributed by atoms with Crippen LogP contribution in [0.2, 0.25) is 0 Å². The molecule has 0 radical (unpaired) electrons. The summed E-state index contributed by atoms with van der Waals surface area (Å²) in [6.07, 6.45) is 0.833. The monoisotopic (exact) mass is 503 g/mol. The first-order chi connectivity index (χ1) is 17.9. The normalized spacial score (nSPS) is 16.6. The van der Waals surface area contributed by atoms with Crippen molar-refractivity contribution in [3.63, 3.8) is 0 Å². The van der Waals surface area contributed by atoms with E-state index in [9.17, 15) is 14.7 Å². The molecule has 8 heteroatoms. The van der Waals surface area contributed by atoms with E-state index in [2.05, 4.69) is 0 Å². The van der Waals surface area contributed by atoms with Gasteiger partial charge >= 0.3 is 0 Å². The summed E-state index contributed by atoms with van der Waals surface area (Å²) in [6, 6.07) is 16.5. The van der Waals surface area contributed by atoms with Crippen LogP contribution in [-0.4, -0.2) is 45.2 Å². The first kappa shape index (κ1) is 25.6. The molecule has 0 spiro atoms. The summed E-state index contributed by atoms with van der Waals surface area (Å²) in [4.78, 5) is 28.3. The Balaban J connectivity index is 1.96. The smallest absolute Gasteiger partial charge is 0.300 e. The van der Waals surface area contributed by atoms with Crippen LogP contribution in [0.15, 0.2) is 66.2 Å². The van der Waals surface area contributed by atoms with Gasteiger partial charge in [-0.15, -0.1) is 0 Å². The molecule has 0 saturated carbocycles. The van der Waals surface area contributed by atoms with Crippen LogP contribution < -0.4 is 23.8 Å². The maximum absolute atomic E-state index is 13.5. The molecular weight excluding hydrogens is 474 g/mol. The predicted molar refractivity (Wildman–Crippen MR) is 140 cm³/mol. The highest BCUT2D eigenvalue weighted by atomic mass is 16.5. The van der Waals surface area contributed by atoms with Crippen LogP contribution >= 0.6 is 0 Å². The van der Waals surface area contributed by atoms with Gasteiger partial charge in [-0.2, -0.15) is 0 Å². The minimum Gasteiger partial charge on any atom is -0.507 e. The van der Waals surface area contributed by atoms with E-state index < -0.39 is 17.7 Å². The van der Waals surface area contributed by atoms with Gasteiger partial charge in [0.2, 0.25) is 0 Å². The molecule has 192 valence electrons. The number of aliphatic hydroxyl groups excluding tert-OH is 1. The van der Waals surface area contributed by atoms with Gasteiger partial charge in [-0.3, -0.25) is 14.5 Å². The van der Waals surface area contributed by atoms with Gasteiger partial charge in [0, 0.05) is 17.8 Å². The first-order valence-corrected chi connectivity index (χ1v) is 11.7. The Morgan fingerprint density at radius 1 is 0.811 bits per heavy atom. The van der Waals surface area contributed by atoms with Crippen LogP contribution in [0.3, 0.4) is 0 Å². The number of hydrogen-bond donors (Lipinski definition) is 1. The number of rotatable bonds is 8. The second-order valence-corrected chi connectivity index (χ2v) is 8.37. The molecule has 37 heavy (non-hydrogen) atoms. The Kier molecular flexibility index (Phi) is 7.38. The van der Waals surface area contributed by atoms with Crippen molar-refractivity contribution in [3.8, 4) is 23.0 Å². The van der Waals surface area contributed by atoms with Crippen molar-refractivity contribution in [3.05, 3.63) is 82.9 Å². The first-order valence-electron chi connectivity index (χ1n) is 11.7. The number of Topliss-reactive ketones (excluding diaryl/α,β-unsaturated/α-hetero) is 1.